The number of amides is 1. The monoisotopic (exact) mass is 355 g/mol. The zero-order valence-electron chi connectivity index (χ0n) is 14.8. The number of nitrogens with one attached hydrogen (secondary N) is 1. The average molecular weight is 355 g/mol. The van der Waals surface area contributed by atoms with Crippen molar-refractivity contribution in [1.29, 1.82) is 0 Å². The Bertz CT molecular complexity index is 963. The maximum Gasteiger partial charge on any atom is 0.267 e. The van der Waals surface area contributed by atoms with Crippen molar-refractivity contribution in [3.05, 3.63) is 51.5 Å². The summed E-state index contributed by atoms with van der Waals surface area (Å²) in [5.41, 5.74) is 11.6. The number of aromatic nitrogens is 1. The summed E-state index contributed by atoms with van der Waals surface area (Å²) in [7, 11) is 1.64. The average Bonchev–Trinajstić information content (AvgIpc) is 2.88. The number of nitrogens with zero attached hydrogens (tertiary/aromatic N) is 1. The Balaban J connectivity index is 2.00. The van der Waals surface area contributed by atoms with Crippen molar-refractivity contribution >= 4 is 38.8 Å². The SMILES string of the molecule is COCc1cc(C)nc2sc(C(=O)Nc3ccc(C)c(C)c3)c(N)c12. The van der Waals surface area contributed by atoms with Crippen LogP contribution in [0.3, 0.4) is 0 Å². The van der Waals surface area contributed by atoms with Crippen molar-refractivity contribution in [2.24, 2.45) is 0 Å². The van der Waals surface area contributed by atoms with Gasteiger partial charge in [-0.25, -0.2) is 4.98 Å². The quantitative estimate of drug-likeness (QED) is 0.735. The van der Waals surface area contributed by atoms with Crippen molar-refractivity contribution < 1.29 is 9.53 Å². The van der Waals surface area contributed by atoms with E-state index in [1.54, 1.807) is 7.11 Å². The molecule has 0 saturated heterocycles. The van der Waals surface area contributed by atoms with Crippen LogP contribution in [0.1, 0.15) is 32.1 Å². The molecule has 6 heteroatoms. The molecule has 0 aliphatic rings. The molecule has 0 aliphatic carbocycles. The molecular weight excluding hydrogens is 334 g/mol. The lowest BCUT2D eigenvalue weighted by Gasteiger charge is -2.07. The number of carbonyl (C=O) groups is 1. The molecule has 1 aromatic carbocycles. The van der Waals surface area contributed by atoms with E-state index in [1.165, 1.54) is 16.9 Å². The molecule has 2 aromatic heterocycles. The van der Waals surface area contributed by atoms with Gasteiger partial charge in [-0.05, 0) is 55.7 Å². The van der Waals surface area contributed by atoms with Crippen molar-refractivity contribution in [3.8, 4) is 0 Å². The normalized spacial score (nSPS) is 11.0. The first-order valence-corrected chi connectivity index (χ1v) is 8.78. The van der Waals surface area contributed by atoms with Crippen LogP contribution < -0.4 is 11.1 Å². The summed E-state index contributed by atoms with van der Waals surface area (Å²) < 4.78 is 5.26. The molecule has 0 unspecified atom stereocenters. The van der Waals surface area contributed by atoms with Gasteiger partial charge in [-0.1, -0.05) is 6.07 Å². The highest BCUT2D eigenvalue weighted by Crippen LogP contribution is 2.36. The fourth-order valence-corrected chi connectivity index (χ4v) is 3.86. The number of ether oxygens (including phenoxy) is 1. The standard InChI is InChI=1S/C19H21N3O2S/c1-10-5-6-14(7-11(10)2)22-18(23)17-16(20)15-13(9-24-4)8-12(3)21-19(15)25-17/h5-8H,9,20H2,1-4H3,(H,22,23). The lowest BCUT2D eigenvalue weighted by Crippen LogP contribution is -2.12. The number of pyridine rings is 1. The van der Waals surface area contributed by atoms with Gasteiger partial charge in [-0.15, -0.1) is 11.3 Å². The van der Waals surface area contributed by atoms with E-state index in [0.29, 0.717) is 17.2 Å². The number of hydrogen-bond donors (Lipinski definition) is 2. The predicted octanol–water partition coefficient (Wildman–Crippen LogP) is 4.20. The van der Waals surface area contributed by atoms with Crippen LogP contribution in [0.4, 0.5) is 11.4 Å². The van der Waals surface area contributed by atoms with E-state index in [1.807, 2.05) is 45.0 Å². The first-order valence-electron chi connectivity index (χ1n) is 7.96. The number of thiophene rings is 1. The fourth-order valence-electron chi connectivity index (χ4n) is 2.78. The molecule has 0 radical (unpaired) electrons. The molecule has 0 bridgehead atoms. The molecule has 130 valence electrons. The molecule has 0 saturated carbocycles. The van der Waals surface area contributed by atoms with Crippen LogP contribution in [-0.4, -0.2) is 18.0 Å². The van der Waals surface area contributed by atoms with E-state index >= 15 is 0 Å². The number of rotatable bonds is 4. The van der Waals surface area contributed by atoms with Crippen molar-refractivity contribution in [3.63, 3.8) is 0 Å². The van der Waals surface area contributed by atoms with Crippen LogP contribution in [0.5, 0.6) is 0 Å². The number of anilines is 2. The van der Waals surface area contributed by atoms with Crippen LogP contribution in [0.2, 0.25) is 0 Å². The van der Waals surface area contributed by atoms with Crippen LogP contribution in [-0.2, 0) is 11.3 Å². The Morgan fingerprint density at radius 1 is 1.24 bits per heavy atom. The summed E-state index contributed by atoms with van der Waals surface area (Å²) in [5, 5.41) is 3.73. The lowest BCUT2D eigenvalue weighted by atomic mass is 10.1. The number of methoxy groups -OCH3 is 1. The third-order valence-electron chi connectivity index (χ3n) is 4.18. The molecule has 0 fully saturated rings. The van der Waals surface area contributed by atoms with E-state index < -0.39 is 0 Å². The topological polar surface area (TPSA) is 77.2 Å². The predicted molar refractivity (Wildman–Crippen MR) is 103 cm³/mol. The number of nitrogen functional groups attached to an aromatic ring is 1. The first-order chi connectivity index (χ1) is 11.9. The maximum atomic E-state index is 12.7. The Morgan fingerprint density at radius 3 is 2.68 bits per heavy atom. The maximum absolute atomic E-state index is 12.7. The Hall–Kier alpha value is -2.44. The van der Waals surface area contributed by atoms with E-state index in [0.717, 1.165) is 32.7 Å². The van der Waals surface area contributed by atoms with E-state index in [2.05, 4.69) is 10.3 Å². The van der Waals surface area contributed by atoms with Gasteiger partial charge in [-0.2, -0.15) is 0 Å². The molecule has 2 heterocycles. The molecule has 1 amide bonds. The zero-order valence-corrected chi connectivity index (χ0v) is 15.6. The van der Waals surface area contributed by atoms with Crippen molar-refractivity contribution in [2.75, 3.05) is 18.2 Å². The molecule has 25 heavy (non-hydrogen) atoms. The molecular formula is C19H21N3O2S. The van der Waals surface area contributed by atoms with E-state index in [9.17, 15) is 4.79 Å². The zero-order chi connectivity index (χ0) is 18.1. The molecule has 3 rings (SSSR count). The first kappa shape index (κ1) is 17.4. The largest absolute Gasteiger partial charge is 0.397 e. The van der Waals surface area contributed by atoms with Gasteiger partial charge in [0.05, 0.1) is 12.3 Å². The van der Waals surface area contributed by atoms with Gasteiger partial charge >= 0.3 is 0 Å². The second kappa shape index (κ2) is 6.82. The smallest absolute Gasteiger partial charge is 0.267 e. The molecule has 0 spiro atoms. The number of benzene rings is 1. The lowest BCUT2D eigenvalue weighted by molar-refractivity contribution is 0.103. The minimum atomic E-state index is -0.218. The Morgan fingerprint density at radius 2 is 2.00 bits per heavy atom. The number of nitrogens with two attached hydrogens (primary N) is 1. The van der Waals surface area contributed by atoms with Gasteiger partial charge in [-0.3, -0.25) is 4.79 Å². The molecule has 0 atom stereocenters. The van der Waals surface area contributed by atoms with Crippen LogP contribution >= 0.6 is 11.3 Å². The molecule has 3 aromatic rings. The van der Waals surface area contributed by atoms with Gasteiger partial charge in [0, 0.05) is 23.9 Å². The van der Waals surface area contributed by atoms with Gasteiger partial charge in [0.15, 0.2) is 0 Å². The number of carbonyl (C=O) groups excluding carboxylic acids is 1. The fraction of sp³-hybridized carbons (Fsp3) is 0.263. The van der Waals surface area contributed by atoms with Gasteiger partial charge in [0.1, 0.15) is 9.71 Å². The van der Waals surface area contributed by atoms with Crippen molar-refractivity contribution in [2.45, 2.75) is 27.4 Å². The van der Waals surface area contributed by atoms with Gasteiger partial charge in [0.2, 0.25) is 0 Å². The minimum absolute atomic E-state index is 0.218. The molecule has 0 aliphatic heterocycles. The second-order valence-electron chi connectivity index (χ2n) is 6.13. The third kappa shape index (κ3) is 3.36. The number of aryl methyl sites for hydroxylation is 3. The van der Waals surface area contributed by atoms with E-state index in [4.69, 9.17) is 10.5 Å². The summed E-state index contributed by atoms with van der Waals surface area (Å²) in [6, 6.07) is 7.78. The number of fused-ring (bicyclic) bond motifs is 1. The highest BCUT2D eigenvalue weighted by atomic mass is 32.1. The third-order valence-corrected chi connectivity index (χ3v) is 5.28. The summed E-state index contributed by atoms with van der Waals surface area (Å²) in [6.07, 6.45) is 0. The Labute approximate surface area is 150 Å². The highest BCUT2D eigenvalue weighted by Gasteiger charge is 2.20. The van der Waals surface area contributed by atoms with Gasteiger partial charge in [0.25, 0.3) is 5.91 Å². The molecule has 5 nitrogen and oxygen atoms in total. The van der Waals surface area contributed by atoms with Crippen LogP contribution in [0.25, 0.3) is 10.2 Å². The number of hydrogen-bond acceptors (Lipinski definition) is 5. The minimum Gasteiger partial charge on any atom is -0.397 e. The Kier molecular flexibility index (Phi) is 4.74. The van der Waals surface area contributed by atoms with E-state index in [-0.39, 0.29) is 5.91 Å². The summed E-state index contributed by atoms with van der Waals surface area (Å²) in [5.74, 6) is -0.218. The summed E-state index contributed by atoms with van der Waals surface area (Å²) in [4.78, 5) is 18.5. The summed E-state index contributed by atoms with van der Waals surface area (Å²) in [6.45, 7) is 6.40. The van der Waals surface area contributed by atoms with Crippen LogP contribution in [0, 0.1) is 20.8 Å². The van der Waals surface area contributed by atoms with Crippen molar-refractivity contribution in [1.82, 2.24) is 4.98 Å². The molecule has 3 N–H and O–H groups in total. The summed E-state index contributed by atoms with van der Waals surface area (Å²) >= 11 is 1.31. The van der Waals surface area contributed by atoms with Crippen LogP contribution in [0.15, 0.2) is 24.3 Å². The second-order valence-corrected chi connectivity index (χ2v) is 7.13. The highest BCUT2D eigenvalue weighted by molar-refractivity contribution is 7.21. The van der Waals surface area contributed by atoms with Gasteiger partial charge < -0.3 is 15.8 Å².